The molecule has 0 saturated carbocycles. The van der Waals surface area contributed by atoms with Gasteiger partial charge in [-0.3, -0.25) is 4.79 Å². The summed E-state index contributed by atoms with van der Waals surface area (Å²) < 4.78 is 16.0. The predicted octanol–water partition coefficient (Wildman–Crippen LogP) is 4.40. The van der Waals surface area contributed by atoms with Gasteiger partial charge in [0.15, 0.2) is 0 Å². The van der Waals surface area contributed by atoms with Gasteiger partial charge < -0.3 is 4.90 Å². The Labute approximate surface area is 162 Å². The third kappa shape index (κ3) is 3.25. The molecule has 0 aliphatic carbocycles. The summed E-state index contributed by atoms with van der Waals surface area (Å²) in [6, 6.07) is 16.6. The lowest BCUT2D eigenvalue weighted by molar-refractivity contribution is -0.128. The van der Waals surface area contributed by atoms with Crippen molar-refractivity contribution in [1.82, 2.24) is 14.7 Å². The van der Waals surface area contributed by atoms with E-state index in [9.17, 15) is 9.18 Å². The van der Waals surface area contributed by atoms with Crippen LogP contribution in [-0.4, -0.2) is 26.3 Å². The average Bonchev–Trinajstić information content (AvgIpc) is 3.17. The number of hydrogen-bond acceptors (Lipinski definition) is 3. The first kappa shape index (κ1) is 17.8. The molecule has 4 rings (SSSR count). The van der Waals surface area contributed by atoms with Crippen molar-refractivity contribution in [1.29, 1.82) is 0 Å². The van der Waals surface area contributed by atoms with Crippen LogP contribution in [0.2, 0.25) is 0 Å². The number of benzene rings is 2. The fourth-order valence-corrected chi connectivity index (χ4v) is 4.85. The van der Waals surface area contributed by atoms with Crippen LogP contribution in [0, 0.1) is 19.7 Å². The average molecular weight is 381 g/mol. The first-order valence-electron chi connectivity index (χ1n) is 8.82. The van der Waals surface area contributed by atoms with Crippen LogP contribution >= 0.6 is 11.8 Å². The second kappa shape index (κ2) is 7.19. The smallest absolute Gasteiger partial charge is 0.234 e. The Morgan fingerprint density at radius 2 is 1.81 bits per heavy atom. The van der Waals surface area contributed by atoms with E-state index >= 15 is 0 Å². The minimum absolute atomic E-state index is 0.0273. The van der Waals surface area contributed by atoms with E-state index in [1.807, 2.05) is 48.9 Å². The van der Waals surface area contributed by atoms with Crippen LogP contribution in [0.5, 0.6) is 0 Å². The number of rotatable bonds is 4. The van der Waals surface area contributed by atoms with Crippen molar-refractivity contribution in [3.8, 4) is 5.69 Å². The Balaban J connectivity index is 1.71. The molecule has 3 aromatic rings. The van der Waals surface area contributed by atoms with Crippen molar-refractivity contribution < 1.29 is 9.18 Å². The van der Waals surface area contributed by atoms with Crippen molar-refractivity contribution in [3.63, 3.8) is 0 Å². The third-order valence-electron chi connectivity index (χ3n) is 4.86. The molecule has 0 radical (unpaired) electrons. The van der Waals surface area contributed by atoms with E-state index in [2.05, 4.69) is 0 Å². The van der Waals surface area contributed by atoms with E-state index < -0.39 is 0 Å². The Hall–Kier alpha value is -2.60. The highest BCUT2D eigenvalue weighted by molar-refractivity contribution is 8.00. The van der Waals surface area contributed by atoms with Gasteiger partial charge in [0.25, 0.3) is 0 Å². The molecule has 6 heteroatoms. The standard InChI is InChI=1S/C21H20FN3OS/c1-14-20(15(2)25(23-14)17-9-4-3-5-10-17)21-24(19(26)13-27-21)12-16-8-6-7-11-18(16)22/h3-11,21H,12-13H2,1-2H3. The van der Waals surface area contributed by atoms with Gasteiger partial charge in [-0.1, -0.05) is 36.4 Å². The van der Waals surface area contributed by atoms with Gasteiger partial charge >= 0.3 is 0 Å². The minimum Gasteiger partial charge on any atom is -0.321 e. The maximum atomic E-state index is 14.1. The molecular formula is C21H20FN3OS. The topological polar surface area (TPSA) is 38.1 Å². The highest BCUT2D eigenvalue weighted by Gasteiger charge is 2.36. The van der Waals surface area contributed by atoms with Crippen LogP contribution in [0.1, 0.15) is 27.9 Å². The molecule has 0 bridgehead atoms. The first-order chi connectivity index (χ1) is 13.1. The second-order valence-electron chi connectivity index (χ2n) is 6.61. The van der Waals surface area contributed by atoms with Gasteiger partial charge in [0.05, 0.1) is 17.1 Å². The van der Waals surface area contributed by atoms with Crippen molar-refractivity contribution in [2.75, 3.05) is 5.75 Å². The van der Waals surface area contributed by atoms with Crippen molar-refractivity contribution in [2.45, 2.75) is 25.8 Å². The van der Waals surface area contributed by atoms with E-state index in [0.29, 0.717) is 11.3 Å². The zero-order valence-corrected chi connectivity index (χ0v) is 16.0. The maximum Gasteiger partial charge on any atom is 0.234 e. The van der Waals surface area contributed by atoms with E-state index in [1.54, 1.807) is 34.9 Å². The molecule has 1 saturated heterocycles. The van der Waals surface area contributed by atoms with Crippen molar-refractivity contribution >= 4 is 17.7 Å². The van der Waals surface area contributed by atoms with Gasteiger partial charge in [-0.2, -0.15) is 5.10 Å². The fraction of sp³-hybridized carbons (Fsp3) is 0.238. The maximum absolute atomic E-state index is 14.1. The number of carbonyl (C=O) groups excluding carboxylic acids is 1. The van der Waals surface area contributed by atoms with Crippen LogP contribution < -0.4 is 0 Å². The number of aromatic nitrogens is 2. The molecule has 1 unspecified atom stereocenters. The molecule has 1 amide bonds. The molecule has 1 atom stereocenters. The fourth-order valence-electron chi connectivity index (χ4n) is 3.51. The number of carbonyl (C=O) groups is 1. The van der Waals surface area contributed by atoms with Gasteiger partial charge in [-0.25, -0.2) is 9.07 Å². The molecule has 1 aliphatic heterocycles. The number of aryl methyl sites for hydroxylation is 1. The zero-order chi connectivity index (χ0) is 19.0. The van der Waals surface area contributed by atoms with Crippen LogP contribution in [0.25, 0.3) is 5.69 Å². The lowest BCUT2D eigenvalue weighted by Gasteiger charge is -2.25. The number of nitrogens with zero attached hydrogens (tertiary/aromatic N) is 3. The number of thioether (sulfide) groups is 1. The van der Waals surface area contributed by atoms with Crippen LogP contribution in [0.4, 0.5) is 4.39 Å². The summed E-state index contributed by atoms with van der Waals surface area (Å²) in [6.45, 7) is 4.25. The third-order valence-corrected chi connectivity index (χ3v) is 6.08. The Bertz CT molecular complexity index is 986. The van der Waals surface area contributed by atoms with Crippen LogP contribution in [0.3, 0.4) is 0 Å². The summed E-state index contributed by atoms with van der Waals surface area (Å²) >= 11 is 1.57. The first-order valence-corrected chi connectivity index (χ1v) is 9.87. The molecule has 1 fully saturated rings. The highest BCUT2D eigenvalue weighted by Crippen LogP contribution is 2.42. The molecule has 0 N–H and O–H groups in total. The van der Waals surface area contributed by atoms with Crippen molar-refractivity contribution in [2.24, 2.45) is 0 Å². The van der Waals surface area contributed by atoms with Gasteiger partial charge in [0, 0.05) is 23.4 Å². The van der Waals surface area contributed by atoms with E-state index in [1.165, 1.54) is 6.07 Å². The largest absolute Gasteiger partial charge is 0.321 e. The second-order valence-corrected chi connectivity index (χ2v) is 7.68. The lowest BCUT2D eigenvalue weighted by Crippen LogP contribution is -2.28. The van der Waals surface area contributed by atoms with Crippen LogP contribution in [-0.2, 0) is 11.3 Å². The molecular weight excluding hydrogens is 361 g/mol. The summed E-state index contributed by atoms with van der Waals surface area (Å²) in [7, 11) is 0. The SMILES string of the molecule is Cc1nn(-c2ccccc2)c(C)c1C1SCC(=O)N1Cc1ccccc1F. The number of halogens is 1. The van der Waals surface area contributed by atoms with Gasteiger partial charge in [-0.05, 0) is 32.0 Å². The minimum atomic E-state index is -0.283. The number of amides is 1. The Kier molecular flexibility index (Phi) is 4.74. The molecule has 1 aromatic heterocycles. The number of hydrogen-bond donors (Lipinski definition) is 0. The van der Waals surface area contributed by atoms with Gasteiger partial charge in [0.2, 0.25) is 5.91 Å². The molecule has 0 spiro atoms. The van der Waals surface area contributed by atoms with Crippen molar-refractivity contribution in [3.05, 3.63) is 82.9 Å². The summed E-state index contributed by atoms with van der Waals surface area (Å²) in [5.74, 6) is 0.142. The molecule has 138 valence electrons. The van der Waals surface area contributed by atoms with E-state index in [4.69, 9.17) is 5.10 Å². The summed E-state index contributed by atoms with van der Waals surface area (Å²) in [5.41, 5.74) is 4.45. The summed E-state index contributed by atoms with van der Waals surface area (Å²) in [5, 5.41) is 4.54. The molecule has 27 heavy (non-hydrogen) atoms. The molecule has 2 heterocycles. The van der Waals surface area contributed by atoms with E-state index in [-0.39, 0.29) is 23.6 Å². The highest BCUT2D eigenvalue weighted by atomic mass is 32.2. The summed E-state index contributed by atoms with van der Waals surface area (Å²) in [4.78, 5) is 14.3. The predicted molar refractivity (Wildman–Crippen MR) is 105 cm³/mol. The van der Waals surface area contributed by atoms with Gasteiger partial charge in [-0.15, -0.1) is 11.8 Å². The lowest BCUT2D eigenvalue weighted by atomic mass is 10.1. The van der Waals surface area contributed by atoms with Gasteiger partial charge in [0.1, 0.15) is 11.2 Å². The summed E-state index contributed by atoms with van der Waals surface area (Å²) in [6.07, 6.45) is 0. The van der Waals surface area contributed by atoms with E-state index in [0.717, 1.165) is 22.6 Å². The monoisotopic (exact) mass is 381 g/mol. The molecule has 1 aliphatic rings. The molecule has 4 nitrogen and oxygen atoms in total. The van der Waals surface area contributed by atoms with Crippen LogP contribution in [0.15, 0.2) is 54.6 Å². The molecule has 2 aromatic carbocycles. The number of para-hydroxylation sites is 1. The normalized spacial score (nSPS) is 16.9. The Morgan fingerprint density at radius 1 is 1.11 bits per heavy atom. The quantitative estimate of drug-likeness (QED) is 0.672. The Morgan fingerprint density at radius 3 is 2.56 bits per heavy atom. The zero-order valence-electron chi connectivity index (χ0n) is 15.2.